The van der Waals surface area contributed by atoms with Gasteiger partial charge in [-0.05, 0) is 39.3 Å². The van der Waals surface area contributed by atoms with E-state index in [1.165, 1.54) is 0 Å². The third kappa shape index (κ3) is 3.53. The maximum atomic E-state index is 11.8. The van der Waals surface area contributed by atoms with Crippen LogP contribution in [-0.4, -0.2) is 26.5 Å². The Morgan fingerprint density at radius 3 is 2.76 bits per heavy atom. The number of aryl methyl sites for hydroxylation is 2. The average molecular weight is 309 g/mol. The molecule has 0 aliphatic carbocycles. The van der Waals surface area contributed by atoms with Crippen LogP contribution in [0.5, 0.6) is 0 Å². The standard InChI is InChI=1S/C15H21ClN4O/c1-9(2)18-12(21)6-8-20-14(11(4)16)19-13-10(3)5-7-17-15(13)20/h5,7,9,11H,6,8H2,1-4H3,(H,18,21). The van der Waals surface area contributed by atoms with Crippen LogP contribution in [0.4, 0.5) is 0 Å². The molecule has 0 aromatic carbocycles. The van der Waals surface area contributed by atoms with E-state index >= 15 is 0 Å². The van der Waals surface area contributed by atoms with Crippen LogP contribution in [0.3, 0.4) is 0 Å². The number of halogens is 1. The lowest BCUT2D eigenvalue weighted by Crippen LogP contribution is -2.30. The number of nitrogens with zero attached hydrogens (tertiary/aromatic N) is 3. The van der Waals surface area contributed by atoms with Gasteiger partial charge in [-0.25, -0.2) is 9.97 Å². The Bertz CT molecular complexity index is 648. The maximum absolute atomic E-state index is 11.8. The van der Waals surface area contributed by atoms with E-state index in [0.717, 1.165) is 22.6 Å². The molecule has 2 aromatic rings. The Balaban J connectivity index is 2.31. The maximum Gasteiger partial charge on any atom is 0.221 e. The van der Waals surface area contributed by atoms with Crippen LogP contribution in [0.25, 0.3) is 11.2 Å². The van der Waals surface area contributed by atoms with Crippen molar-refractivity contribution >= 4 is 28.7 Å². The molecule has 1 atom stereocenters. The van der Waals surface area contributed by atoms with E-state index in [2.05, 4.69) is 15.3 Å². The fraction of sp³-hybridized carbons (Fsp3) is 0.533. The van der Waals surface area contributed by atoms with Crippen molar-refractivity contribution in [2.75, 3.05) is 0 Å². The molecule has 1 N–H and O–H groups in total. The third-order valence-corrected chi connectivity index (χ3v) is 3.43. The third-order valence-electron chi connectivity index (χ3n) is 3.23. The molecule has 0 aliphatic heterocycles. The molecule has 0 bridgehead atoms. The van der Waals surface area contributed by atoms with Gasteiger partial charge in [-0.3, -0.25) is 4.79 Å². The highest BCUT2D eigenvalue weighted by molar-refractivity contribution is 6.20. The van der Waals surface area contributed by atoms with Crippen LogP contribution in [0.2, 0.25) is 0 Å². The Hall–Kier alpha value is -1.62. The molecule has 2 rings (SSSR count). The second kappa shape index (κ2) is 6.43. The number of hydrogen-bond acceptors (Lipinski definition) is 3. The first-order valence-corrected chi connectivity index (χ1v) is 7.59. The molecule has 0 saturated heterocycles. The van der Waals surface area contributed by atoms with Gasteiger partial charge < -0.3 is 9.88 Å². The summed E-state index contributed by atoms with van der Waals surface area (Å²) in [5, 5.41) is 2.66. The molecular formula is C15H21ClN4O. The molecule has 6 heteroatoms. The van der Waals surface area contributed by atoms with E-state index < -0.39 is 0 Å². The number of fused-ring (bicyclic) bond motifs is 1. The summed E-state index contributed by atoms with van der Waals surface area (Å²) >= 11 is 6.22. The van der Waals surface area contributed by atoms with Crippen LogP contribution in [0.15, 0.2) is 12.3 Å². The van der Waals surface area contributed by atoms with Crippen LogP contribution in [-0.2, 0) is 11.3 Å². The summed E-state index contributed by atoms with van der Waals surface area (Å²) in [4.78, 5) is 20.8. The Labute approximate surface area is 129 Å². The highest BCUT2D eigenvalue weighted by Crippen LogP contribution is 2.25. The molecule has 1 amide bonds. The van der Waals surface area contributed by atoms with Gasteiger partial charge in [0.1, 0.15) is 11.3 Å². The minimum atomic E-state index is -0.230. The summed E-state index contributed by atoms with van der Waals surface area (Å²) < 4.78 is 1.94. The minimum Gasteiger partial charge on any atom is -0.354 e. The molecule has 0 radical (unpaired) electrons. The fourth-order valence-corrected chi connectivity index (χ4v) is 2.45. The number of amides is 1. The van der Waals surface area contributed by atoms with Crippen LogP contribution >= 0.6 is 11.6 Å². The molecular weight excluding hydrogens is 288 g/mol. The van der Waals surface area contributed by atoms with Gasteiger partial charge in [0.2, 0.25) is 5.91 Å². The van der Waals surface area contributed by atoms with Crippen molar-refractivity contribution in [2.45, 2.75) is 52.1 Å². The van der Waals surface area contributed by atoms with Crippen molar-refractivity contribution in [3.05, 3.63) is 23.7 Å². The molecule has 2 heterocycles. The van der Waals surface area contributed by atoms with Gasteiger partial charge in [0.05, 0.1) is 5.38 Å². The van der Waals surface area contributed by atoms with E-state index in [0.29, 0.717) is 13.0 Å². The number of nitrogens with one attached hydrogen (secondary N) is 1. The SMILES string of the molecule is Cc1ccnc2c1nc(C(C)Cl)n2CCC(=O)NC(C)C. The number of carbonyl (C=O) groups is 1. The predicted octanol–water partition coefficient (Wildman–Crippen LogP) is 2.95. The molecule has 0 aliphatic rings. The zero-order valence-electron chi connectivity index (χ0n) is 12.9. The van der Waals surface area contributed by atoms with Crippen LogP contribution < -0.4 is 5.32 Å². The largest absolute Gasteiger partial charge is 0.354 e. The first kappa shape index (κ1) is 15.8. The topological polar surface area (TPSA) is 59.8 Å². The van der Waals surface area contributed by atoms with Crippen molar-refractivity contribution in [1.82, 2.24) is 19.9 Å². The summed E-state index contributed by atoms with van der Waals surface area (Å²) in [6.45, 7) is 8.29. The van der Waals surface area contributed by atoms with Gasteiger partial charge in [-0.15, -0.1) is 11.6 Å². The van der Waals surface area contributed by atoms with E-state index in [1.54, 1.807) is 6.20 Å². The highest BCUT2D eigenvalue weighted by Gasteiger charge is 2.17. The number of alkyl halides is 1. The second-order valence-electron chi connectivity index (χ2n) is 5.51. The molecule has 21 heavy (non-hydrogen) atoms. The quantitative estimate of drug-likeness (QED) is 0.864. The van der Waals surface area contributed by atoms with Gasteiger partial charge in [-0.1, -0.05) is 0 Å². The molecule has 114 valence electrons. The molecule has 0 spiro atoms. The smallest absolute Gasteiger partial charge is 0.221 e. The Morgan fingerprint density at radius 2 is 2.14 bits per heavy atom. The number of pyridine rings is 1. The number of hydrogen-bond donors (Lipinski definition) is 1. The Morgan fingerprint density at radius 1 is 1.43 bits per heavy atom. The van der Waals surface area contributed by atoms with E-state index in [-0.39, 0.29) is 17.3 Å². The summed E-state index contributed by atoms with van der Waals surface area (Å²) in [5.74, 6) is 0.776. The predicted molar refractivity (Wildman–Crippen MR) is 84.4 cm³/mol. The first-order chi connectivity index (χ1) is 9.90. The van der Waals surface area contributed by atoms with Gasteiger partial charge >= 0.3 is 0 Å². The second-order valence-corrected chi connectivity index (χ2v) is 6.16. The van der Waals surface area contributed by atoms with Crippen molar-refractivity contribution in [3.63, 3.8) is 0 Å². The molecule has 0 fully saturated rings. The van der Waals surface area contributed by atoms with Crippen molar-refractivity contribution in [1.29, 1.82) is 0 Å². The van der Waals surface area contributed by atoms with E-state index in [1.807, 2.05) is 38.3 Å². The number of aromatic nitrogens is 3. The lowest BCUT2D eigenvalue weighted by atomic mass is 10.3. The monoisotopic (exact) mass is 308 g/mol. The summed E-state index contributed by atoms with van der Waals surface area (Å²) in [7, 11) is 0. The lowest BCUT2D eigenvalue weighted by Gasteiger charge is -2.11. The van der Waals surface area contributed by atoms with Crippen molar-refractivity contribution < 1.29 is 4.79 Å². The zero-order valence-corrected chi connectivity index (χ0v) is 13.6. The summed E-state index contributed by atoms with van der Waals surface area (Å²) in [6.07, 6.45) is 2.14. The number of carbonyl (C=O) groups excluding carboxylic acids is 1. The fourth-order valence-electron chi connectivity index (χ4n) is 2.29. The normalized spacial score (nSPS) is 12.9. The number of imidazole rings is 1. The average Bonchev–Trinajstić information content (AvgIpc) is 2.76. The molecule has 2 aromatic heterocycles. The van der Waals surface area contributed by atoms with Crippen LogP contribution in [0.1, 0.15) is 44.0 Å². The van der Waals surface area contributed by atoms with Crippen molar-refractivity contribution in [3.8, 4) is 0 Å². The minimum absolute atomic E-state index is 0.0210. The van der Waals surface area contributed by atoms with Gasteiger partial charge in [0, 0.05) is 25.2 Å². The molecule has 1 unspecified atom stereocenters. The molecule has 5 nitrogen and oxygen atoms in total. The van der Waals surface area contributed by atoms with Crippen LogP contribution in [0, 0.1) is 6.92 Å². The summed E-state index contributed by atoms with van der Waals surface area (Å²) in [6, 6.07) is 2.07. The van der Waals surface area contributed by atoms with Gasteiger partial charge in [0.15, 0.2) is 5.65 Å². The van der Waals surface area contributed by atoms with Gasteiger partial charge in [0.25, 0.3) is 0 Å². The lowest BCUT2D eigenvalue weighted by molar-refractivity contribution is -0.121. The van der Waals surface area contributed by atoms with Crippen molar-refractivity contribution in [2.24, 2.45) is 0 Å². The van der Waals surface area contributed by atoms with E-state index in [9.17, 15) is 4.79 Å². The zero-order chi connectivity index (χ0) is 15.6. The first-order valence-electron chi connectivity index (χ1n) is 7.15. The van der Waals surface area contributed by atoms with Gasteiger partial charge in [-0.2, -0.15) is 0 Å². The number of rotatable bonds is 5. The summed E-state index contributed by atoms with van der Waals surface area (Å²) in [5.41, 5.74) is 2.70. The molecule has 0 saturated carbocycles. The Kier molecular flexibility index (Phi) is 4.83. The van der Waals surface area contributed by atoms with E-state index in [4.69, 9.17) is 11.6 Å². The highest BCUT2D eigenvalue weighted by atomic mass is 35.5.